The number of hydrogen-bond acceptors (Lipinski definition) is 2. The van der Waals surface area contributed by atoms with Crippen molar-refractivity contribution < 1.29 is 17.6 Å². The van der Waals surface area contributed by atoms with Crippen LogP contribution in [0.3, 0.4) is 0 Å². The summed E-state index contributed by atoms with van der Waals surface area (Å²) in [5.41, 5.74) is -0.263. The van der Waals surface area contributed by atoms with E-state index in [1.807, 2.05) is 0 Å². The topological polar surface area (TPSA) is 35.1 Å². The van der Waals surface area contributed by atoms with Crippen molar-refractivity contribution in [2.75, 3.05) is 0 Å². The first-order valence-corrected chi connectivity index (χ1v) is 7.74. The van der Waals surface area contributed by atoms with Crippen LogP contribution in [0.2, 0.25) is 0 Å². The third-order valence-electron chi connectivity index (χ3n) is 3.99. The molecule has 0 radical (unpaired) electrons. The number of aromatic nitrogens is 4. The highest BCUT2D eigenvalue weighted by Crippen LogP contribution is 2.33. The highest BCUT2D eigenvalue weighted by atomic mass is 19.4. The first-order valence-electron chi connectivity index (χ1n) is 7.74. The van der Waals surface area contributed by atoms with E-state index >= 15 is 0 Å². The molecule has 0 atom stereocenters. The average molecular weight is 360 g/mol. The minimum Gasteiger partial charge on any atom is -0.325 e. The van der Waals surface area contributed by atoms with Gasteiger partial charge in [0.05, 0.1) is 12.2 Å². The van der Waals surface area contributed by atoms with Crippen molar-refractivity contribution in [1.29, 1.82) is 0 Å². The molecule has 1 aromatic carbocycles. The number of nitrogens with zero attached hydrogens (tertiary/aromatic N) is 4. The van der Waals surface area contributed by atoms with Crippen molar-refractivity contribution in [3.05, 3.63) is 78.3 Å². The van der Waals surface area contributed by atoms with Crippen LogP contribution in [0.1, 0.15) is 11.4 Å². The Morgan fingerprint density at radius 3 is 2.62 bits per heavy atom. The molecule has 3 heterocycles. The van der Waals surface area contributed by atoms with E-state index in [-0.39, 0.29) is 17.9 Å². The SMILES string of the molecule is Fc1cccc(-c2nccn2Cc2nc3ccccn3c2C(F)(F)F)c1. The van der Waals surface area contributed by atoms with E-state index < -0.39 is 17.7 Å². The van der Waals surface area contributed by atoms with Crippen molar-refractivity contribution in [3.63, 3.8) is 0 Å². The van der Waals surface area contributed by atoms with E-state index in [0.717, 1.165) is 4.40 Å². The van der Waals surface area contributed by atoms with E-state index in [0.29, 0.717) is 11.4 Å². The van der Waals surface area contributed by atoms with Crippen LogP contribution >= 0.6 is 0 Å². The van der Waals surface area contributed by atoms with Crippen molar-refractivity contribution in [3.8, 4) is 11.4 Å². The lowest BCUT2D eigenvalue weighted by Gasteiger charge is -2.11. The maximum Gasteiger partial charge on any atom is 0.433 e. The summed E-state index contributed by atoms with van der Waals surface area (Å²) >= 11 is 0. The van der Waals surface area contributed by atoms with Crippen LogP contribution in [0.25, 0.3) is 17.0 Å². The Balaban J connectivity index is 1.81. The van der Waals surface area contributed by atoms with Crippen LogP contribution in [-0.4, -0.2) is 18.9 Å². The predicted molar refractivity (Wildman–Crippen MR) is 86.9 cm³/mol. The molecule has 0 aliphatic heterocycles. The lowest BCUT2D eigenvalue weighted by Crippen LogP contribution is -2.14. The van der Waals surface area contributed by atoms with Gasteiger partial charge in [0.1, 0.15) is 17.3 Å². The molecule has 8 heteroatoms. The summed E-state index contributed by atoms with van der Waals surface area (Å²) < 4.78 is 56.8. The molecular weight excluding hydrogens is 348 g/mol. The number of fused-ring (bicyclic) bond motifs is 1. The number of alkyl halides is 3. The molecule has 4 nitrogen and oxygen atoms in total. The molecule has 26 heavy (non-hydrogen) atoms. The molecular formula is C18H12F4N4. The lowest BCUT2D eigenvalue weighted by molar-refractivity contribution is -0.142. The zero-order chi connectivity index (χ0) is 18.3. The molecule has 4 rings (SSSR count). The van der Waals surface area contributed by atoms with Gasteiger partial charge in [0.15, 0.2) is 5.69 Å². The first kappa shape index (κ1) is 16.3. The van der Waals surface area contributed by atoms with Gasteiger partial charge in [0.25, 0.3) is 0 Å². The molecule has 0 bridgehead atoms. The summed E-state index contributed by atoms with van der Waals surface area (Å²) in [6.07, 6.45) is -0.223. The Morgan fingerprint density at radius 2 is 1.85 bits per heavy atom. The van der Waals surface area contributed by atoms with Crippen LogP contribution in [0.5, 0.6) is 0 Å². The Kier molecular flexibility index (Phi) is 3.75. The molecule has 0 amide bonds. The fourth-order valence-corrected chi connectivity index (χ4v) is 2.94. The molecule has 0 unspecified atom stereocenters. The highest BCUT2D eigenvalue weighted by Gasteiger charge is 2.38. The third kappa shape index (κ3) is 2.83. The zero-order valence-electron chi connectivity index (χ0n) is 13.3. The average Bonchev–Trinajstić information content (AvgIpc) is 3.18. The number of halogens is 4. The molecule has 0 fully saturated rings. The van der Waals surface area contributed by atoms with E-state index in [9.17, 15) is 17.6 Å². The van der Waals surface area contributed by atoms with Crippen molar-refractivity contribution >= 4 is 5.65 Å². The quantitative estimate of drug-likeness (QED) is 0.508. The number of benzene rings is 1. The molecule has 0 N–H and O–H groups in total. The molecule has 0 saturated heterocycles. The van der Waals surface area contributed by atoms with E-state index in [1.165, 1.54) is 47.3 Å². The van der Waals surface area contributed by atoms with Crippen LogP contribution < -0.4 is 0 Å². The number of pyridine rings is 1. The summed E-state index contributed by atoms with van der Waals surface area (Å²) in [6, 6.07) is 10.4. The van der Waals surface area contributed by atoms with E-state index in [1.54, 1.807) is 18.3 Å². The second-order valence-corrected chi connectivity index (χ2v) is 5.72. The van der Waals surface area contributed by atoms with Crippen molar-refractivity contribution in [2.24, 2.45) is 0 Å². The maximum atomic E-state index is 13.6. The number of hydrogen-bond donors (Lipinski definition) is 0. The molecule has 0 aliphatic carbocycles. The van der Waals surface area contributed by atoms with Crippen LogP contribution in [0.15, 0.2) is 61.1 Å². The summed E-state index contributed by atoms with van der Waals surface area (Å²) in [5.74, 6) is -0.0737. The molecule has 3 aromatic heterocycles. The van der Waals surface area contributed by atoms with Gasteiger partial charge in [-0.3, -0.25) is 4.40 Å². The molecule has 4 aromatic rings. The largest absolute Gasteiger partial charge is 0.433 e. The van der Waals surface area contributed by atoms with Gasteiger partial charge in [-0.25, -0.2) is 14.4 Å². The van der Waals surface area contributed by atoms with Gasteiger partial charge in [-0.05, 0) is 24.3 Å². The Morgan fingerprint density at radius 1 is 1.00 bits per heavy atom. The van der Waals surface area contributed by atoms with Gasteiger partial charge in [-0.15, -0.1) is 0 Å². The Labute approximate surface area is 145 Å². The summed E-state index contributed by atoms with van der Waals surface area (Å²) in [6.45, 7) is -0.137. The standard InChI is InChI=1S/C18H12F4N4/c19-13-5-3-4-12(10-13)17-23-7-9-25(17)11-14-16(18(20,21)22)26-8-2-1-6-15(26)24-14/h1-10H,11H2. The van der Waals surface area contributed by atoms with E-state index in [2.05, 4.69) is 9.97 Å². The predicted octanol–water partition coefficient (Wildman–Crippen LogP) is 4.40. The van der Waals surface area contributed by atoms with Crippen molar-refractivity contribution in [2.45, 2.75) is 12.7 Å². The molecule has 0 spiro atoms. The fraction of sp³-hybridized carbons (Fsp3) is 0.111. The van der Waals surface area contributed by atoms with Crippen LogP contribution in [0, 0.1) is 5.82 Å². The maximum absolute atomic E-state index is 13.6. The summed E-state index contributed by atoms with van der Waals surface area (Å²) in [7, 11) is 0. The van der Waals surface area contributed by atoms with E-state index in [4.69, 9.17) is 0 Å². The Hall–Kier alpha value is -3.16. The third-order valence-corrected chi connectivity index (χ3v) is 3.99. The van der Waals surface area contributed by atoms with Crippen LogP contribution in [0.4, 0.5) is 17.6 Å². The van der Waals surface area contributed by atoms with Gasteiger partial charge < -0.3 is 4.57 Å². The normalized spacial score (nSPS) is 12.0. The van der Waals surface area contributed by atoms with Crippen LogP contribution in [-0.2, 0) is 12.7 Å². The minimum absolute atomic E-state index is 0.126. The highest BCUT2D eigenvalue weighted by molar-refractivity contribution is 5.55. The summed E-state index contributed by atoms with van der Waals surface area (Å²) in [4.78, 5) is 8.28. The van der Waals surface area contributed by atoms with Gasteiger partial charge in [0, 0.05) is 24.2 Å². The fourth-order valence-electron chi connectivity index (χ4n) is 2.94. The van der Waals surface area contributed by atoms with Gasteiger partial charge in [-0.1, -0.05) is 18.2 Å². The van der Waals surface area contributed by atoms with Crippen molar-refractivity contribution in [1.82, 2.24) is 18.9 Å². The second-order valence-electron chi connectivity index (χ2n) is 5.72. The monoisotopic (exact) mass is 360 g/mol. The van der Waals surface area contributed by atoms with Gasteiger partial charge in [0.2, 0.25) is 0 Å². The number of imidazole rings is 2. The minimum atomic E-state index is -4.56. The molecule has 0 aliphatic rings. The molecule has 132 valence electrons. The lowest BCUT2D eigenvalue weighted by atomic mass is 10.2. The number of rotatable bonds is 3. The first-order chi connectivity index (χ1) is 12.4. The molecule has 0 saturated carbocycles. The van der Waals surface area contributed by atoms with Gasteiger partial charge >= 0.3 is 6.18 Å². The second kappa shape index (κ2) is 5.98. The summed E-state index contributed by atoms with van der Waals surface area (Å²) in [5, 5.41) is 0. The smallest absolute Gasteiger partial charge is 0.325 e. The van der Waals surface area contributed by atoms with Gasteiger partial charge in [-0.2, -0.15) is 13.2 Å². The Bertz CT molecular complexity index is 1080. The zero-order valence-corrected chi connectivity index (χ0v) is 13.3.